The Morgan fingerprint density at radius 1 is 1.39 bits per heavy atom. The van der Waals surface area contributed by atoms with Crippen LogP contribution in [0, 0.1) is 6.92 Å². The van der Waals surface area contributed by atoms with Crippen LogP contribution in [0.1, 0.15) is 37.4 Å². The molecule has 0 spiro atoms. The lowest BCUT2D eigenvalue weighted by Gasteiger charge is -2.15. The van der Waals surface area contributed by atoms with Gasteiger partial charge in [0.05, 0.1) is 23.6 Å². The minimum Gasteiger partial charge on any atom is -0.267 e. The Hall–Kier alpha value is -1.08. The minimum absolute atomic E-state index is 0.419. The first-order chi connectivity index (χ1) is 8.42. The van der Waals surface area contributed by atoms with Gasteiger partial charge in [-0.3, -0.25) is 9.40 Å². The molecular formula is C11H20N4O2S. The normalized spacial score (nSPS) is 17.6. The van der Waals surface area contributed by atoms with Crippen LogP contribution >= 0.6 is 0 Å². The first-order valence-corrected chi connectivity index (χ1v) is 7.60. The fourth-order valence-electron chi connectivity index (χ4n) is 2.27. The Kier molecular flexibility index (Phi) is 3.63. The molecule has 0 radical (unpaired) electrons. The predicted octanol–water partition coefficient (Wildman–Crippen LogP) is 1.52. The molecule has 7 heteroatoms. The van der Waals surface area contributed by atoms with E-state index in [1.807, 2.05) is 11.6 Å². The molecule has 1 N–H and O–H groups in total. The van der Waals surface area contributed by atoms with E-state index < -0.39 is 10.2 Å². The summed E-state index contributed by atoms with van der Waals surface area (Å²) in [6, 6.07) is 0.419. The Bertz CT molecular complexity index is 515. The highest BCUT2D eigenvalue weighted by Gasteiger charge is 2.22. The van der Waals surface area contributed by atoms with E-state index in [2.05, 4.69) is 9.82 Å². The lowest BCUT2D eigenvalue weighted by atomic mass is 10.2. The van der Waals surface area contributed by atoms with E-state index in [1.54, 1.807) is 6.20 Å². The van der Waals surface area contributed by atoms with Gasteiger partial charge in [0, 0.05) is 14.1 Å². The average molecular weight is 272 g/mol. The van der Waals surface area contributed by atoms with Gasteiger partial charge >= 0.3 is 10.2 Å². The van der Waals surface area contributed by atoms with E-state index in [9.17, 15) is 8.42 Å². The average Bonchev–Trinajstić information content (AvgIpc) is 2.89. The summed E-state index contributed by atoms with van der Waals surface area (Å²) < 4.78 is 29.2. The van der Waals surface area contributed by atoms with E-state index in [1.165, 1.54) is 26.9 Å². The van der Waals surface area contributed by atoms with Gasteiger partial charge in [0.2, 0.25) is 0 Å². The maximum Gasteiger partial charge on any atom is 0.301 e. The van der Waals surface area contributed by atoms with Gasteiger partial charge in [-0.2, -0.15) is 17.8 Å². The number of nitrogens with zero attached hydrogens (tertiary/aromatic N) is 3. The molecule has 2 rings (SSSR count). The molecule has 0 amide bonds. The van der Waals surface area contributed by atoms with Crippen LogP contribution in [-0.2, 0) is 10.2 Å². The minimum atomic E-state index is -3.45. The van der Waals surface area contributed by atoms with Crippen LogP contribution < -0.4 is 4.72 Å². The quantitative estimate of drug-likeness (QED) is 0.903. The van der Waals surface area contributed by atoms with E-state index in [4.69, 9.17) is 0 Å². The molecule has 1 heterocycles. The van der Waals surface area contributed by atoms with Crippen molar-refractivity contribution in [3.63, 3.8) is 0 Å². The van der Waals surface area contributed by atoms with Crippen molar-refractivity contribution >= 4 is 15.9 Å². The van der Waals surface area contributed by atoms with Gasteiger partial charge in [-0.25, -0.2) is 0 Å². The molecule has 102 valence electrons. The Morgan fingerprint density at radius 3 is 2.56 bits per heavy atom. The van der Waals surface area contributed by atoms with Crippen molar-refractivity contribution in [3.8, 4) is 0 Å². The molecule has 1 aliphatic rings. The highest BCUT2D eigenvalue weighted by molar-refractivity contribution is 7.90. The van der Waals surface area contributed by atoms with Crippen molar-refractivity contribution < 1.29 is 8.42 Å². The summed E-state index contributed by atoms with van der Waals surface area (Å²) in [5.41, 5.74) is 1.45. The molecule has 0 aliphatic heterocycles. The molecular weight excluding hydrogens is 252 g/mol. The van der Waals surface area contributed by atoms with Gasteiger partial charge in [0.1, 0.15) is 0 Å². The molecule has 18 heavy (non-hydrogen) atoms. The second kappa shape index (κ2) is 4.89. The van der Waals surface area contributed by atoms with Gasteiger partial charge in [0.15, 0.2) is 0 Å². The van der Waals surface area contributed by atoms with Crippen LogP contribution in [0.4, 0.5) is 5.69 Å². The number of hydrogen-bond acceptors (Lipinski definition) is 3. The molecule has 0 atom stereocenters. The molecule has 1 saturated carbocycles. The summed E-state index contributed by atoms with van der Waals surface area (Å²) in [6.45, 7) is 1.90. The van der Waals surface area contributed by atoms with Crippen LogP contribution in [0.15, 0.2) is 6.20 Å². The molecule has 1 aromatic rings. The molecule has 1 aliphatic carbocycles. The van der Waals surface area contributed by atoms with Gasteiger partial charge in [0.25, 0.3) is 0 Å². The third-order valence-electron chi connectivity index (χ3n) is 3.43. The molecule has 0 unspecified atom stereocenters. The third kappa shape index (κ3) is 2.51. The molecule has 1 aromatic heterocycles. The fourth-order valence-corrected chi connectivity index (χ4v) is 2.93. The molecule has 0 saturated heterocycles. The molecule has 1 fully saturated rings. The summed E-state index contributed by atoms with van der Waals surface area (Å²) in [6.07, 6.45) is 6.30. The zero-order chi connectivity index (χ0) is 13.3. The Morgan fingerprint density at radius 2 is 2.00 bits per heavy atom. The zero-order valence-corrected chi connectivity index (χ0v) is 11.9. The first-order valence-electron chi connectivity index (χ1n) is 6.16. The Labute approximate surface area is 108 Å². The number of hydrogen-bond donors (Lipinski definition) is 1. The summed E-state index contributed by atoms with van der Waals surface area (Å²) >= 11 is 0. The monoisotopic (exact) mass is 272 g/mol. The number of aromatic nitrogens is 2. The number of nitrogens with one attached hydrogen (secondary N) is 1. The van der Waals surface area contributed by atoms with Gasteiger partial charge < -0.3 is 0 Å². The molecule has 0 bridgehead atoms. The van der Waals surface area contributed by atoms with Crippen LogP contribution in [0.3, 0.4) is 0 Å². The maximum atomic E-state index is 11.8. The van der Waals surface area contributed by atoms with E-state index in [0.29, 0.717) is 11.7 Å². The largest absolute Gasteiger partial charge is 0.301 e. The van der Waals surface area contributed by atoms with E-state index >= 15 is 0 Å². The van der Waals surface area contributed by atoms with Crippen molar-refractivity contribution in [1.82, 2.24) is 14.1 Å². The molecule has 0 aromatic carbocycles. The van der Waals surface area contributed by atoms with Crippen LogP contribution in [0.5, 0.6) is 0 Å². The van der Waals surface area contributed by atoms with Crippen LogP contribution in [0.25, 0.3) is 0 Å². The smallest absolute Gasteiger partial charge is 0.267 e. The highest BCUT2D eigenvalue weighted by Crippen LogP contribution is 2.31. The topological polar surface area (TPSA) is 67.2 Å². The Balaban J connectivity index is 2.21. The lowest BCUT2D eigenvalue weighted by molar-refractivity contribution is 0.457. The number of rotatable bonds is 4. The van der Waals surface area contributed by atoms with Crippen LogP contribution in [-0.4, -0.2) is 36.6 Å². The van der Waals surface area contributed by atoms with Crippen molar-refractivity contribution in [3.05, 3.63) is 11.9 Å². The van der Waals surface area contributed by atoms with Crippen molar-refractivity contribution in [2.24, 2.45) is 0 Å². The van der Waals surface area contributed by atoms with E-state index in [0.717, 1.165) is 22.8 Å². The second-order valence-electron chi connectivity index (χ2n) is 4.92. The van der Waals surface area contributed by atoms with Gasteiger partial charge in [-0.05, 0) is 19.8 Å². The van der Waals surface area contributed by atoms with Crippen molar-refractivity contribution in [1.29, 1.82) is 0 Å². The second-order valence-corrected chi connectivity index (χ2v) is 6.80. The van der Waals surface area contributed by atoms with Gasteiger partial charge in [-0.1, -0.05) is 12.8 Å². The molecule has 6 nitrogen and oxygen atoms in total. The summed E-state index contributed by atoms with van der Waals surface area (Å²) in [7, 11) is -0.456. The van der Waals surface area contributed by atoms with Gasteiger partial charge in [-0.15, -0.1) is 0 Å². The van der Waals surface area contributed by atoms with Crippen LogP contribution in [0.2, 0.25) is 0 Å². The first kappa shape index (κ1) is 13.4. The predicted molar refractivity (Wildman–Crippen MR) is 70.7 cm³/mol. The van der Waals surface area contributed by atoms with Crippen molar-refractivity contribution in [2.45, 2.75) is 38.6 Å². The van der Waals surface area contributed by atoms with Crippen molar-refractivity contribution in [2.75, 3.05) is 18.8 Å². The lowest BCUT2D eigenvalue weighted by Crippen LogP contribution is -2.29. The zero-order valence-electron chi connectivity index (χ0n) is 11.0. The maximum absolute atomic E-state index is 11.8. The van der Waals surface area contributed by atoms with E-state index in [-0.39, 0.29) is 0 Å². The number of anilines is 1. The summed E-state index contributed by atoms with van der Waals surface area (Å²) in [5.74, 6) is 0. The SMILES string of the molecule is Cc1c(NS(=O)(=O)N(C)C)cnn1C1CCCC1. The fraction of sp³-hybridized carbons (Fsp3) is 0.727. The summed E-state index contributed by atoms with van der Waals surface area (Å²) in [5, 5.41) is 4.31. The third-order valence-corrected chi connectivity index (χ3v) is 4.87. The highest BCUT2D eigenvalue weighted by atomic mass is 32.2. The summed E-state index contributed by atoms with van der Waals surface area (Å²) in [4.78, 5) is 0. The standard InChI is InChI=1S/C11H20N4O2S/c1-9-11(13-18(16,17)14(2)3)8-12-15(9)10-6-4-5-7-10/h8,10,13H,4-7H2,1-3H3.